The number of rotatable bonds is 7. The van der Waals surface area contributed by atoms with Crippen LogP contribution in [-0.4, -0.2) is 19.6 Å². The molecule has 0 spiro atoms. The van der Waals surface area contributed by atoms with Crippen LogP contribution in [0.3, 0.4) is 0 Å². The van der Waals surface area contributed by atoms with Crippen LogP contribution in [0.1, 0.15) is 24.8 Å². The molecule has 2 aromatic carbocycles. The minimum atomic E-state index is 0.515. The van der Waals surface area contributed by atoms with Gasteiger partial charge < -0.3 is 20.5 Å². The van der Waals surface area contributed by atoms with Crippen molar-refractivity contribution in [3.63, 3.8) is 0 Å². The Morgan fingerprint density at radius 3 is 2.48 bits per heavy atom. The third-order valence-electron chi connectivity index (χ3n) is 4.45. The van der Waals surface area contributed by atoms with E-state index < -0.39 is 0 Å². The summed E-state index contributed by atoms with van der Waals surface area (Å²) in [5.74, 6) is 3.44. The molecule has 0 aromatic heterocycles. The largest absolute Gasteiger partial charge is 0.493 e. The van der Waals surface area contributed by atoms with Crippen LogP contribution < -0.4 is 20.5 Å². The lowest BCUT2D eigenvalue weighted by atomic mass is 9.85. The van der Waals surface area contributed by atoms with Crippen LogP contribution in [0.5, 0.6) is 17.2 Å². The van der Waals surface area contributed by atoms with Crippen LogP contribution in [0.15, 0.2) is 53.5 Å². The third kappa shape index (κ3) is 4.89. The van der Waals surface area contributed by atoms with Crippen LogP contribution in [-0.2, 0) is 6.54 Å². The van der Waals surface area contributed by atoms with Crippen LogP contribution in [0.25, 0.3) is 0 Å². The monoisotopic (exact) mass is 339 g/mol. The van der Waals surface area contributed by atoms with Crippen molar-refractivity contribution in [2.45, 2.75) is 25.8 Å². The maximum absolute atomic E-state index is 5.91. The highest BCUT2D eigenvalue weighted by atomic mass is 16.5. The number of benzene rings is 2. The SMILES string of the molecule is COc1ccccc1Oc1ccc(CN=C(N)NCC2CCC2)cc1. The van der Waals surface area contributed by atoms with E-state index in [2.05, 4.69) is 10.3 Å². The summed E-state index contributed by atoms with van der Waals surface area (Å²) in [6.45, 7) is 1.49. The van der Waals surface area contributed by atoms with Gasteiger partial charge in [0, 0.05) is 6.54 Å². The Bertz CT molecular complexity index is 709. The molecule has 0 saturated heterocycles. The Balaban J connectivity index is 1.53. The smallest absolute Gasteiger partial charge is 0.188 e. The van der Waals surface area contributed by atoms with E-state index in [0.29, 0.717) is 24.0 Å². The predicted molar refractivity (Wildman–Crippen MR) is 100 cm³/mol. The van der Waals surface area contributed by atoms with Gasteiger partial charge in [-0.05, 0) is 48.6 Å². The number of methoxy groups -OCH3 is 1. The van der Waals surface area contributed by atoms with Gasteiger partial charge >= 0.3 is 0 Å². The Hall–Kier alpha value is -2.69. The fourth-order valence-corrected chi connectivity index (χ4v) is 2.67. The van der Waals surface area contributed by atoms with Gasteiger partial charge in [0.15, 0.2) is 17.5 Å². The van der Waals surface area contributed by atoms with Gasteiger partial charge in [0.2, 0.25) is 0 Å². The highest BCUT2D eigenvalue weighted by Gasteiger charge is 2.16. The summed E-state index contributed by atoms with van der Waals surface area (Å²) in [7, 11) is 1.63. The Morgan fingerprint density at radius 2 is 1.84 bits per heavy atom. The number of nitrogens with one attached hydrogen (secondary N) is 1. The standard InChI is InChI=1S/C20H25N3O2/c1-24-18-7-2-3-8-19(18)25-17-11-9-16(10-12-17)14-23-20(21)22-13-15-5-4-6-15/h2-3,7-12,15H,4-6,13-14H2,1H3,(H3,21,22,23). The molecule has 0 heterocycles. The summed E-state index contributed by atoms with van der Waals surface area (Å²) < 4.78 is 11.2. The van der Waals surface area contributed by atoms with Crippen molar-refractivity contribution in [2.75, 3.05) is 13.7 Å². The first-order valence-electron chi connectivity index (χ1n) is 8.68. The number of hydrogen-bond donors (Lipinski definition) is 2. The minimum Gasteiger partial charge on any atom is -0.493 e. The molecule has 0 radical (unpaired) electrons. The summed E-state index contributed by atoms with van der Waals surface area (Å²) >= 11 is 0. The molecule has 0 unspecified atom stereocenters. The van der Waals surface area contributed by atoms with Crippen molar-refractivity contribution in [1.29, 1.82) is 0 Å². The quantitative estimate of drug-likeness (QED) is 0.596. The zero-order chi connectivity index (χ0) is 17.5. The lowest BCUT2D eigenvalue weighted by Crippen LogP contribution is -2.37. The molecule has 1 saturated carbocycles. The van der Waals surface area contributed by atoms with E-state index in [1.54, 1.807) is 7.11 Å². The molecule has 5 heteroatoms. The first-order valence-corrected chi connectivity index (χ1v) is 8.68. The van der Waals surface area contributed by atoms with Crippen molar-refractivity contribution < 1.29 is 9.47 Å². The van der Waals surface area contributed by atoms with Crippen molar-refractivity contribution in [3.8, 4) is 17.2 Å². The second-order valence-corrected chi connectivity index (χ2v) is 6.28. The molecule has 0 aliphatic heterocycles. The topological polar surface area (TPSA) is 68.9 Å². The van der Waals surface area contributed by atoms with Gasteiger partial charge in [-0.1, -0.05) is 30.7 Å². The lowest BCUT2D eigenvalue weighted by Gasteiger charge is -2.25. The molecule has 132 valence electrons. The van der Waals surface area contributed by atoms with E-state index in [9.17, 15) is 0 Å². The summed E-state index contributed by atoms with van der Waals surface area (Å²) in [5, 5.41) is 3.20. The Labute approximate surface area is 148 Å². The van der Waals surface area contributed by atoms with Crippen LogP contribution in [0.4, 0.5) is 0 Å². The molecule has 25 heavy (non-hydrogen) atoms. The summed E-state index contributed by atoms with van der Waals surface area (Å²) in [6, 6.07) is 15.4. The molecule has 5 nitrogen and oxygen atoms in total. The molecular weight excluding hydrogens is 314 g/mol. The van der Waals surface area contributed by atoms with E-state index in [0.717, 1.165) is 23.8 Å². The first kappa shape index (κ1) is 17.1. The van der Waals surface area contributed by atoms with Crippen LogP contribution in [0, 0.1) is 5.92 Å². The van der Waals surface area contributed by atoms with E-state index >= 15 is 0 Å². The average Bonchev–Trinajstić information content (AvgIpc) is 2.60. The Kier molecular flexibility index (Phi) is 5.77. The first-order chi connectivity index (χ1) is 12.2. The van der Waals surface area contributed by atoms with Gasteiger partial charge in [-0.15, -0.1) is 0 Å². The van der Waals surface area contributed by atoms with Crippen molar-refractivity contribution in [2.24, 2.45) is 16.6 Å². The highest BCUT2D eigenvalue weighted by Crippen LogP contribution is 2.30. The molecule has 1 aliphatic rings. The number of aliphatic imine (C=N–C) groups is 1. The van der Waals surface area contributed by atoms with E-state index in [4.69, 9.17) is 15.2 Å². The van der Waals surface area contributed by atoms with E-state index in [1.807, 2.05) is 48.5 Å². The predicted octanol–water partition coefficient (Wildman–Crippen LogP) is 3.69. The summed E-state index contributed by atoms with van der Waals surface area (Å²) in [4.78, 5) is 4.39. The Morgan fingerprint density at radius 1 is 1.12 bits per heavy atom. The van der Waals surface area contributed by atoms with Crippen LogP contribution in [0.2, 0.25) is 0 Å². The second kappa shape index (κ2) is 8.42. The zero-order valence-corrected chi connectivity index (χ0v) is 14.6. The third-order valence-corrected chi connectivity index (χ3v) is 4.45. The van der Waals surface area contributed by atoms with E-state index in [1.165, 1.54) is 19.3 Å². The van der Waals surface area contributed by atoms with Crippen molar-refractivity contribution in [1.82, 2.24) is 5.32 Å². The van der Waals surface area contributed by atoms with Gasteiger partial charge in [-0.25, -0.2) is 4.99 Å². The minimum absolute atomic E-state index is 0.515. The fraction of sp³-hybridized carbons (Fsp3) is 0.350. The second-order valence-electron chi connectivity index (χ2n) is 6.28. The molecule has 1 fully saturated rings. The number of hydrogen-bond acceptors (Lipinski definition) is 3. The molecule has 0 amide bonds. The molecule has 2 aromatic rings. The molecule has 3 N–H and O–H groups in total. The summed E-state index contributed by atoms with van der Waals surface area (Å²) in [5.41, 5.74) is 7.00. The lowest BCUT2D eigenvalue weighted by molar-refractivity contribution is 0.315. The molecular formula is C20H25N3O2. The molecule has 3 rings (SSSR count). The van der Waals surface area contributed by atoms with Gasteiger partial charge in [-0.2, -0.15) is 0 Å². The van der Waals surface area contributed by atoms with Gasteiger partial charge in [0.05, 0.1) is 13.7 Å². The average molecular weight is 339 g/mol. The van der Waals surface area contributed by atoms with E-state index in [-0.39, 0.29) is 0 Å². The number of guanidine groups is 1. The normalized spacial score (nSPS) is 14.7. The number of nitrogens with zero attached hydrogens (tertiary/aromatic N) is 1. The van der Waals surface area contributed by atoms with Gasteiger partial charge in [0.25, 0.3) is 0 Å². The number of nitrogens with two attached hydrogens (primary N) is 1. The maximum atomic E-state index is 5.91. The van der Waals surface area contributed by atoms with Crippen LogP contribution >= 0.6 is 0 Å². The van der Waals surface area contributed by atoms with Crippen molar-refractivity contribution in [3.05, 3.63) is 54.1 Å². The zero-order valence-electron chi connectivity index (χ0n) is 14.6. The van der Waals surface area contributed by atoms with Crippen molar-refractivity contribution >= 4 is 5.96 Å². The maximum Gasteiger partial charge on any atom is 0.188 e. The fourth-order valence-electron chi connectivity index (χ4n) is 2.67. The molecule has 0 atom stereocenters. The number of ether oxygens (including phenoxy) is 2. The highest BCUT2D eigenvalue weighted by molar-refractivity contribution is 5.77. The molecule has 0 bridgehead atoms. The summed E-state index contributed by atoms with van der Waals surface area (Å²) in [6.07, 6.45) is 3.94. The number of para-hydroxylation sites is 2. The van der Waals surface area contributed by atoms with Gasteiger partial charge in [0.1, 0.15) is 5.75 Å². The molecule has 1 aliphatic carbocycles. The van der Waals surface area contributed by atoms with Gasteiger partial charge in [-0.3, -0.25) is 0 Å².